The Kier molecular flexibility index (Phi) is 3.07. The minimum Gasteiger partial charge on any atom is -0.508 e. The third kappa shape index (κ3) is 1.97. The van der Waals surface area contributed by atoms with Gasteiger partial charge in [0.1, 0.15) is 11.5 Å². The number of ether oxygens (including phenoxy) is 1. The molecule has 3 nitrogen and oxygen atoms in total. The zero-order chi connectivity index (χ0) is 15.1. The summed E-state index contributed by atoms with van der Waals surface area (Å²) in [5, 5.41) is 13.2. The maximum Gasteiger partial charge on any atom is 0.142 e. The van der Waals surface area contributed by atoms with Gasteiger partial charge in [0, 0.05) is 5.92 Å². The number of methoxy groups -OCH3 is 1. The van der Waals surface area contributed by atoms with Gasteiger partial charge >= 0.3 is 0 Å². The van der Waals surface area contributed by atoms with Crippen LogP contribution in [-0.2, 0) is 0 Å². The summed E-state index contributed by atoms with van der Waals surface area (Å²) in [4.78, 5) is 0. The summed E-state index contributed by atoms with van der Waals surface area (Å²) < 4.78 is 5.54. The fourth-order valence-corrected chi connectivity index (χ4v) is 3.77. The van der Waals surface area contributed by atoms with E-state index in [2.05, 4.69) is 29.6 Å². The number of nitrogens with one attached hydrogen (secondary N) is 1. The maximum absolute atomic E-state index is 9.53. The summed E-state index contributed by atoms with van der Waals surface area (Å²) >= 11 is 0. The molecule has 0 saturated heterocycles. The summed E-state index contributed by atoms with van der Waals surface area (Å²) in [5.74, 6) is 2.12. The van der Waals surface area contributed by atoms with Crippen molar-refractivity contribution in [2.75, 3.05) is 12.4 Å². The van der Waals surface area contributed by atoms with Crippen LogP contribution < -0.4 is 10.1 Å². The van der Waals surface area contributed by atoms with Crippen LogP contribution in [0.4, 0.5) is 5.69 Å². The number of anilines is 1. The highest BCUT2D eigenvalue weighted by molar-refractivity contribution is 5.67. The van der Waals surface area contributed by atoms with E-state index in [1.165, 1.54) is 11.1 Å². The van der Waals surface area contributed by atoms with Gasteiger partial charge in [-0.3, -0.25) is 0 Å². The molecule has 3 heteroatoms. The van der Waals surface area contributed by atoms with Crippen LogP contribution in [0.15, 0.2) is 54.6 Å². The largest absolute Gasteiger partial charge is 0.508 e. The standard InChI is InChI=1S/C19H19NO2/c1-22-17-7-3-6-16-14-4-2-5-15(14)18(20-19(16)17)12-8-10-13(21)11-9-12/h2-4,6-11,14-15,18,20-21H,5H2,1H3. The molecule has 2 aromatic rings. The van der Waals surface area contributed by atoms with Crippen molar-refractivity contribution in [1.29, 1.82) is 0 Å². The Hall–Kier alpha value is -2.42. The lowest BCUT2D eigenvalue weighted by atomic mass is 9.77. The second-order valence-electron chi connectivity index (χ2n) is 5.99. The first-order valence-corrected chi connectivity index (χ1v) is 7.67. The number of fused-ring (bicyclic) bond motifs is 3. The van der Waals surface area contributed by atoms with Crippen molar-refractivity contribution in [2.24, 2.45) is 5.92 Å². The Balaban J connectivity index is 1.81. The number of hydrogen-bond acceptors (Lipinski definition) is 3. The van der Waals surface area contributed by atoms with Gasteiger partial charge < -0.3 is 15.2 Å². The number of benzene rings is 2. The second kappa shape index (κ2) is 5.09. The normalized spacial score (nSPS) is 25.2. The lowest BCUT2D eigenvalue weighted by Gasteiger charge is -2.38. The molecule has 0 saturated carbocycles. The quantitative estimate of drug-likeness (QED) is 0.814. The molecular formula is C19H19NO2. The van der Waals surface area contributed by atoms with Crippen molar-refractivity contribution in [3.63, 3.8) is 0 Å². The van der Waals surface area contributed by atoms with Crippen molar-refractivity contribution in [3.05, 3.63) is 65.7 Å². The van der Waals surface area contributed by atoms with E-state index in [1.807, 2.05) is 18.2 Å². The number of phenolic OH excluding ortho intramolecular Hbond substituents is 1. The highest BCUT2D eigenvalue weighted by Gasteiger charge is 2.38. The first kappa shape index (κ1) is 13.3. The highest BCUT2D eigenvalue weighted by atomic mass is 16.5. The molecule has 0 radical (unpaired) electrons. The van der Waals surface area contributed by atoms with E-state index in [1.54, 1.807) is 19.2 Å². The molecule has 0 fully saturated rings. The van der Waals surface area contributed by atoms with E-state index in [0.29, 0.717) is 17.6 Å². The molecule has 22 heavy (non-hydrogen) atoms. The van der Waals surface area contributed by atoms with Crippen LogP contribution in [0.1, 0.15) is 29.5 Å². The molecule has 0 aromatic heterocycles. The Morgan fingerprint density at radius 3 is 2.73 bits per heavy atom. The molecule has 2 N–H and O–H groups in total. The van der Waals surface area contributed by atoms with E-state index in [4.69, 9.17) is 4.74 Å². The van der Waals surface area contributed by atoms with E-state index >= 15 is 0 Å². The smallest absolute Gasteiger partial charge is 0.142 e. The Labute approximate surface area is 130 Å². The van der Waals surface area contributed by atoms with Crippen LogP contribution in [0, 0.1) is 5.92 Å². The monoisotopic (exact) mass is 293 g/mol. The Morgan fingerprint density at radius 1 is 1.14 bits per heavy atom. The molecule has 0 spiro atoms. The van der Waals surface area contributed by atoms with Gasteiger partial charge in [-0.25, -0.2) is 0 Å². The summed E-state index contributed by atoms with van der Waals surface area (Å²) in [6.07, 6.45) is 5.66. The average molecular weight is 293 g/mol. The molecule has 4 rings (SSSR count). The van der Waals surface area contributed by atoms with E-state index in [0.717, 1.165) is 17.9 Å². The number of phenols is 1. The number of rotatable bonds is 2. The molecule has 1 aliphatic carbocycles. The molecule has 0 amide bonds. The first-order valence-electron chi connectivity index (χ1n) is 7.67. The van der Waals surface area contributed by atoms with E-state index in [9.17, 15) is 5.11 Å². The van der Waals surface area contributed by atoms with Crippen LogP contribution in [0.2, 0.25) is 0 Å². The van der Waals surface area contributed by atoms with Gasteiger partial charge in [0.2, 0.25) is 0 Å². The van der Waals surface area contributed by atoms with Crippen molar-refractivity contribution in [1.82, 2.24) is 0 Å². The summed E-state index contributed by atoms with van der Waals surface area (Å²) in [6, 6.07) is 14.0. The first-order chi connectivity index (χ1) is 10.8. The lowest BCUT2D eigenvalue weighted by molar-refractivity contribution is 0.397. The fourth-order valence-electron chi connectivity index (χ4n) is 3.77. The number of para-hydroxylation sites is 1. The molecule has 1 aliphatic heterocycles. The van der Waals surface area contributed by atoms with Gasteiger partial charge in [0.15, 0.2) is 0 Å². The van der Waals surface area contributed by atoms with Gasteiger partial charge in [-0.05, 0) is 41.7 Å². The average Bonchev–Trinajstić information content (AvgIpc) is 3.04. The molecule has 1 heterocycles. The van der Waals surface area contributed by atoms with Crippen LogP contribution in [0.5, 0.6) is 11.5 Å². The third-order valence-corrected chi connectivity index (χ3v) is 4.83. The zero-order valence-electron chi connectivity index (χ0n) is 12.5. The van der Waals surface area contributed by atoms with Crippen LogP contribution in [-0.4, -0.2) is 12.2 Å². The molecule has 2 aliphatic rings. The number of hydrogen-bond donors (Lipinski definition) is 2. The third-order valence-electron chi connectivity index (χ3n) is 4.83. The molecule has 2 aromatic carbocycles. The number of aromatic hydroxyl groups is 1. The molecule has 0 bridgehead atoms. The molecular weight excluding hydrogens is 274 g/mol. The SMILES string of the molecule is COc1cccc2c1NC(c1ccc(O)cc1)C1CC=CC21. The second-order valence-corrected chi connectivity index (χ2v) is 5.99. The van der Waals surface area contributed by atoms with Crippen molar-refractivity contribution < 1.29 is 9.84 Å². The van der Waals surface area contributed by atoms with Crippen molar-refractivity contribution in [2.45, 2.75) is 18.4 Å². The van der Waals surface area contributed by atoms with E-state index in [-0.39, 0.29) is 6.04 Å². The minimum absolute atomic E-state index is 0.226. The predicted octanol–water partition coefficient (Wildman–Crippen LogP) is 4.23. The van der Waals surface area contributed by atoms with E-state index < -0.39 is 0 Å². The van der Waals surface area contributed by atoms with Crippen LogP contribution in [0.3, 0.4) is 0 Å². The van der Waals surface area contributed by atoms with Gasteiger partial charge in [-0.1, -0.05) is 36.4 Å². The fraction of sp³-hybridized carbons (Fsp3) is 0.263. The molecule has 112 valence electrons. The molecule has 3 atom stereocenters. The summed E-state index contributed by atoms with van der Waals surface area (Å²) in [7, 11) is 1.71. The van der Waals surface area contributed by atoms with Crippen molar-refractivity contribution in [3.8, 4) is 11.5 Å². The van der Waals surface area contributed by atoms with Crippen LogP contribution >= 0.6 is 0 Å². The topological polar surface area (TPSA) is 41.5 Å². The minimum atomic E-state index is 0.226. The van der Waals surface area contributed by atoms with Gasteiger partial charge in [-0.15, -0.1) is 0 Å². The van der Waals surface area contributed by atoms with Gasteiger partial charge in [0.25, 0.3) is 0 Å². The maximum atomic E-state index is 9.53. The highest BCUT2D eigenvalue weighted by Crippen LogP contribution is 2.52. The Morgan fingerprint density at radius 2 is 1.95 bits per heavy atom. The zero-order valence-corrected chi connectivity index (χ0v) is 12.5. The summed E-state index contributed by atoms with van der Waals surface area (Å²) in [5.41, 5.74) is 3.61. The van der Waals surface area contributed by atoms with Gasteiger partial charge in [-0.2, -0.15) is 0 Å². The van der Waals surface area contributed by atoms with Crippen molar-refractivity contribution >= 4 is 5.69 Å². The van der Waals surface area contributed by atoms with Gasteiger partial charge in [0.05, 0.1) is 18.8 Å². The molecule has 3 unspecified atom stereocenters. The van der Waals surface area contributed by atoms with Crippen LogP contribution in [0.25, 0.3) is 0 Å². The lowest BCUT2D eigenvalue weighted by Crippen LogP contribution is -2.29. The Bertz CT molecular complexity index is 721. The predicted molar refractivity (Wildman–Crippen MR) is 87.5 cm³/mol. The summed E-state index contributed by atoms with van der Waals surface area (Å²) in [6.45, 7) is 0. The number of allylic oxidation sites excluding steroid dienone is 2.